The molecule has 1 aliphatic rings. The first kappa shape index (κ1) is 21.3. The summed E-state index contributed by atoms with van der Waals surface area (Å²) < 4.78 is 44.0. The number of anilines is 2. The van der Waals surface area contributed by atoms with Crippen molar-refractivity contribution >= 4 is 28.9 Å². The Hall–Kier alpha value is -2.45. The first-order chi connectivity index (χ1) is 13.8. The average molecular weight is 428 g/mol. The third-order valence-electron chi connectivity index (χ3n) is 4.73. The highest BCUT2D eigenvalue weighted by molar-refractivity contribution is 6.33. The molecule has 1 heterocycles. The van der Waals surface area contributed by atoms with Gasteiger partial charge in [0.15, 0.2) is 0 Å². The number of carbonyl (C=O) groups is 1. The molecule has 156 valence electrons. The van der Waals surface area contributed by atoms with Gasteiger partial charge in [-0.3, -0.25) is 9.69 Å². The molecule has 0 radical (unpaired) electrons. The number of halogens is 4. The number of benzene rings is 2. The van der Waals surface area contributed by atoms with Crippen molar-refractivity contribution in [1.29, 1.82) is 0 Å². The number of para-hydroxylation sites is 2. The topological polar surface area (TPSA) is 44.8 Å². The average Bonchev–Trinajstić information content (AvgIpc) is 2.69. The molecule has 0 atom stereocenters. The van der Waals surface area contributed by atoms with Gasteiger partial charge < -0.3 is 15.0 Å². The first-order valence-electron chi connectivity index (χ1n) is 9.05. The third kappa shape index (κ3) is 5.33. The summed E-state index contributed by atoms with van der Waals surface area (Å²) in [4.78, 5) is 16.4. The van der Waals surface area contributed by atoms with E-state index in [1.54, 1.807) is 7.11 Å². The Kier molecular flexibility index (Phi) is 6.54. The van der Waals surface area contributed by atoms with Crippen molar-refractivity contribution in [3.63, 3.8) is 0 Å². The highest BCUT2D eigenvalue weighted by Crippen LogP contribution is 2.34. The minimum atomic E-state index is -4.50. The molecule has 2 aromatic carbocycles. The lowest BCUT2D eigenvalue weighted by atomic mass is 10.2. The number of nitrogens with one attached hydrogen (secondary N) is 1. The summed E-state index contributed by atoms with van der Waals surface area (Å²) in [5.41, 5.74) is 0.0941. The second-order valence-electron chi connectivity index (χ2n) is 6.68. The summed E-state index contributed by atoms with van der Waals surface area (Å²) in [6, 6.07) is 10.6. The molecule has 3 rings (SSSR count). The van der Waals surface area contributed by atoms with Crippen LogP contribution in [0.5, 0.6) is 5.75 Å². The van der Waals surface area contributed by atoms with E-state index in [-0.39, 0.29) is 17.3 Å². The first-order valence-corrected chi connectivity index (χ1v) is 9.42. The van der Waals surface area contributed by atoms with Gasteiger partial charge in [-0.15, -0.1) is 0 Å². The fourth-order valence-electron chi connectivity index (χ4n) is 3.23. The maximum atomic E-state index is 12.9. The molecule has 0 saturated carbocycles. The number of hydrogen-bond acceptors (Lipinski definition) is 4. The highest BCUT2D eigenvalue weighted by atomic mass is 35.5. The van der Waals surface area contributed by atoms with E-state index in [4.69, 9.17) is 16.3 Å². The zero-order chi connectivity index (χ0) is 21.0. The molecule has 2 aromatic rings. The number of nitrogens with zero attached hydrogens (tertiary/aromatic N) is 2. The predicted octanol–water partition coefficient (Wildman–Crippen LogP) is 4.13. The molecule has 29 heavy (non-hydrogen) atoms. The van der Waals surface area contributed by atoms with Crippen LogP contribution in [-0.4, -0.2) is 50.6 Å². The summed E-state index contributed by atoms with van der Waals surface area (Å²) in [7, 11) is 1.62. The van der Waals surface area contributed by atoms with Crippen molar-refractivity contribution in [2.75, 3.05) is 50.1 Å². The van der Waals surface area contributed by atoms with Gasteiger partial charge >= 0.3 is 6.18 Å². The van der Waals surface area contributed by atoms with Gasteiger partial charge in [-0.25, -0.2) is 0 Å². The minimum absolute atomic E-state index is 0.0425. The predicted molar refractivity (Wildman–Crippen MR) is 107 cm³/mol. The molecule has 0 bridgehead atoms. The lowest BCUT2D eigenvalue weighted by Crippen LogP contribution is -2.48. The number of carbonyl (C=O) groups excluding carboxylic acids is 1. The standard InChI is InChI=1S/C20H21ClF3N3O2/c1-29-18-5-3-2-4-17(18)27-10-8-26(9-11-27)13-19(28)25-16-12-14(20(22,23)24)6-7-15(16)21/h2-7,12H,8-11,13H2,1H3,(H,25,28). The van der Waals surface area contributed by atoms with E-state index in [9.17, 15) is 18.0 Å². The molecular formula is C20H21ClF3N3O2. The molecule has 0 spiro atoms. The molecule has 0 aliphatic carbocycles. The summed E-state index contributed by atoms with van der Waals surface area (Å²) in [5, 5.41) is 2.55. The van der Waals surface area contributed by atoms with Gasteiger partial charge in [-0.2, -0.15) is 13.2 Å². The van der Waals surface area contributed by atoms with Gasteiger partial charge in [-0.05, 0) is 30.3 Å². The molecule has 1 aliphatic heterocycles. The van der Waals surface area contributed by atoms with Crippen LogP contribution in [-0.2, 0) is 11.0 Å². The van der Waals surface area contributed by atoms with Crippen molar-refractivity contribution in [2.45, 2.75) is 6.18 Å². The van der Waals surface area contributed by atoms with Crippen LogP contribution in [0, 0.1) is 0 Å². The van der Waals surface area contributed by atoms with Crippen LogP contribution in [0.1, 0.15) is 5.56 Å². The van der Waals surface area contributed by atoms with Crippen molar-refractivity contribution < 1.29 is 22.7 Å². The summed E-state index contributed by atoms with van der Waals surface area (Å²) in [6.07, 6.45) is -4.50. The van der Waals surface area contributed by atoms with Crippen LogP contribution < -0.4 is 15.0 Å². The number of hydrogen-bond donors (Lipinski definition) is 1. The molecule has 9 heteroatoms. The smallest absolute Gasteiger partial charge is 0.416 e. The van der Waals surface area contributed by atoms with Crippen LogP contribution >= 0.6 is 11.6 Å². The zero-order valence-electron chi connectivity index (χ0n) is 15.8. The van der Waals surface area contributed by atoms with E-state index >= 15 is 0 Å². The fourth-order valence-corrected chi connectivity index (χ4v) is 3.39. The van der Waals surface area contributed by atoms with Gasteiger partial charge in [-0.1, -0.05) is 23.7 Å². The van der Waals surface area contributed by atoms with Crippen molar-refractivity contribution in [3.8, 4) is 5.75 Å². The minimum Gasteiger partial charge on any atom is -0.495 e. The molecule has 1 N–H and O–H groups in total. The number of amides is 1. The Labute approximate surface area is 172 Å². The maximum Gasteiger partial charge on any atom is 0.416 e. The number of rotatable bonds is 5. The summed E-state index contributed by atoms with van der Waals surface area (Å²) in [6.45, 7) is 2.77. The molecule has 1 fully saturated rings. The van der Waals surface area contributed by atoms with E-state index in [0.717, 1.165) is 29.6 Å². The van der Waals surface area contributed by atoms with E-state index in [1.165, 1.54) is 0 Å². The lowest BCUT2D eigenvalue weighted by molar-refractivity contribution is -0.137. The number of piperazine rings is 1. The van der Waals surface area contributed by atoms with E-state index in [0.29, 0.717) is 26.2 Å². The van der Waals surface area contributed by atoms with Crippen molar-refractivity contribution in [2.24, 2.45) is 0 Å². The van der Waals surface area contributed by atoms with Crippen LogP contribution in [0.2, 0.25) is 5.02 Å². The molecule has 1 saturated heterocycles. The quantitative estimate of drug-likeness (QED) is 0.779. The summed E-state index contributed by atoms with van der Waals surface area (Å²) >= 11 is 5.93. The molecule has 0 aromatic heterocycles. The van der Waals surface area contributed by atoms with Gasteiger partial charge in [0.05, 0.1) is 35.6 Å². The van der Waals surface area contributed by atoms with E-state index in [1.807, 2.05) is 29.2 Å². The maximum absolute atomic E-state index is 12.9. The monoisotopic (exact) mass is 427 g/mol. The van der Waals surface area contributed by atoms with E-state index < -0.39 is 17.6 Å². The molecule has 1 amide bonds. The fraction of sp³-hybridized carbons (Fsp3) is 0.350. The lowest BCUT2D eigenvalue weighted by Gasteiger charge is -2.36. The summed E-state index contributed by atoms with van der Waals surface area (Å²) in [5.74, 6) is 0.384. The zero-order valence-corrected chi connectivity index (χ0v) is 16.6. The highest BCUT2D eigenvalue weighted by Gasteiger charge is 2.31. The second kappa shape index (κ2) is 8.92. The molecule has 5 nitrogen and oxygen atoms in total. The van der Waals surface area contributed by atoms with Gasteiger partial charge in [0.1, 0.15) is 5.75 Å². The number of ether oxygens (including phenoxy) is 1. The number of alkyl halides is 3. The van der Waals surface area contributed by atoms with Gasteiger partial charge in [0.25, 0.3) is 0 Å². The van der Waals surface area contributed by atoms with Gasteiger partial charge in [0.2, 0.25) is 5.91 Å². The Morgan fingerprint density at radius 1 is 1.14 bits per heavy atom. The van der Waals surface area contributed by atoms with Crippen LogP contribution in [0.4, 0.5) is 24.5 Å². The Balaban J connectivity index is 1.57. The molecule has 0 unspecified atom stereocenters. The Bertz CT molecular complexity index is 868. The van der Waals surface area contributed by atoms with E-state index in [2.05, 4.69) is 10.2 Å². The van der Waals surface area contributed by atoms with Gasteiger partial charge in [0, 0.05) is 26.2 Å². The van der Waals surface area contributed by atoms with Crippen LogP contribution in [0.3, 0.4) is 0 Å². The normalized spacial score (nSPS) is 15.3. The van der Waals surface area contributed by atoms with Crippen molar-refractivity contribution in [1.82, 2.24) is 4.90 Å². The Morgan fingerprint density at radius 2 is 1.83 bits per heavy atom. The SMILES string of the molecule is COc1ccccc1N1CCN(CC(=O)Nc2cc(C(F)(F)F)ccc2Cl)CC1. The Morgan fingerprint density at radius 3 is 2.48 bits per heavy atom. The van der Waals surface area contributed by atoms with Crippen molar-refractivity contribution in [3.05, 3.63) is 53.1 Å². The molecular weight excluding hydrogens is 407 g/mol. The van der Waals surface area contributed by atoms with Crippen LogP contribution in [0.25, 0.3) is 0 Å². The van der Waals surface area contributed by atoms with Crippen LogP contribution in [0.15, 0.2) is 42.5 Å². The largest absolute Gasteiger partial charge is 0.495 e. The number of methoxy groups -OCH3 is 1. The second-order valence-corrected chi connectivity index (χ2v) is 7.08. The third-order valence-corrected chi connectivity index (χ3v) is 5.06.